The van der Waals surface area contributed by atoms with Crippen LogP contribution in [0, 0.1) is 5.92 Å². The van der Waals surface area contributed by atoms with E-state index in [0.29, 0.717) is 19.5 Å². The fraction of sp³-hybridized carbons (Fsp3) is 0.500. The zero-order valence-electron chi connectivity index (χ0n) is 13.8. The number of hydrogen-bond acceptors (Lipinski definition) is 4. The number of rotatable bonds is 4. The van der Waals surface area contributed by atoms with E-state index in [4.69, 9.17) is 0 Å². The SMILES string of the molecule is O=C([C@H]1CCS(=O)(=O)C1)N1CCN(C/C=C\c2ccccc2)CC1. The first-order valence-electron chi connectivity index (χ1n) is 8.47. The number of hydrogen-bond donors (Lipinski definition) is 0. The summed E-state index contributed by atoms with van der Waals surface area (Å²) in [6.45, 7) is 3.92. The molecule has 24 heavy (non-hydrogen) atoms. The van der Waals surface area contributed by atoms with Gasteiger partial charge in [0.2, 0.25) is 5.91 Å². The second-order valence-electron chi connectivity index (χ2n) is 6.54. The van der Waals surface area contributed by atoms with Crippen LogP contribution in [0.4, 0.5) is 0 Å². The summed E-state index contributed by atoms with van der Waals surface area (Å²) in [6.07, 6.45) is 4.75. The van der Waals surface area contributed by atoms with Gasteiger partial charge in [0.1, 0.15) is 0 Å². The van der Waals surface area contributed by atoms with Crippen LogP contribution in [0.2, 0.25) is 0 Å². The molecule has 2 aliphatic heterocycles. The van der Waals surface area contributed by atoms with E-state index in [1.54, 1.807) is 0 Å². The van der Waals surface area contributed by atoms with Crippen molar-refractivity contribution in [2.75, 3.05) is 44.2 Å². The summed E-state index contributed by atoms with van der Waals surface area (Å²) in [4.78, 5) is 16.6. The Morgan fingerprint density at radius 1 is 1.12 bits per heavy atom. The smallest absolute Gasteiger partial charge is 0.226 e. The zero-order chi connectivity index (χ0) is 17.0. The largest absolute Gasteiger partial charge is 0.340 e. The van der Waals surface area contributed by atoms with Crippen LogP contribution in [0.1, 0.15) is 12.0 Å². The molecule has 3 rings (SSSR count). The summed E-state index contributed by atoms with van der Waals surface area (Å²) in [5.41, 5.74) is 1.19. The number of carbonyl (C=O) groups is 1. The van der Waals surface area contributed by atoms with Gasteiger partial charge in [-0.05, 0) is 12.0 Å². The molecule has 2 fully saturated rings. The molecule has 0 spiro atoms. The molecule has 2 heterocycles. The van der Waals surface area contributed by atoms with E-state index in [9.17, 15) is 13.2 Å². The van der Waals surface area contributed by atoms with Crippen molar-refractivity contribution in [1.29, 1.82) is 0 Å². The van der Waals surface area contributed by atoms with E-state index >= 15 is 0 Å². The highest BCUT2D eigenvalue weighted by Crippen LogP contribution is 2.21. The van der Waals surface area contributed by atoms with Gasteiger partial charge >= 0.3 is 0 Å². The number of nitrogens with zero attached hydrogens (tertiary/aromatic N) is 2. The van der Waals surface area contributed by atoms with Crippen molar-refractivity contribution in [3.05, 3.63) is 42.0 Å². The molecule has 130 valence electrons. The highest BCUT2D eigenvalue weighted by Gasteiger charge is 2.36. The molecule has 6 heteroatoms. The lowest BCUT2D eigenvalue weighted by Crippen LogP contribution is -2.50. The highest BCUT2D eigenvalue weighted by molar-refractivity contribution is 7.91. The van der Waals surface area contributed by atoms with E-state index in [2.05, 4.69) is 29.2 Å². The van der Waals surface area contributed by atoms with E-state index in [1.807, 2.05) is 23.1 Å². The highest BCUT2D eigenvalue weighted by atomic mass is 32.2. The molecular weight excluding hydrogens is 324 g/mol. The van der Waals surface area contributed by atoms with Crippen molar-refractivity contribution in [2.24, 2.45) is 5.92 Å². The van der Waals surface area contributed by atoms with Crippen molar-refractivity contribution < 1.29 is 13.2 Å². The third-order valence-corrected chi connectivity index (χ3v) is 6.51. The van der Waals surface area contributed by atoms with Gasteiger partial charge in [0.05, 0.1) is 17.4 Å². The van der Waals surface area contributed by atoms with E-state index in [1.165, 1.54) is 5.56 Å². The lowest BCUT2D eigenvalue weighted by atomic mass is 10.1. The second-order valence-corrected chi connectivity index (χ2v) is 8.77. The molecule has 1 aromatic carbocycles. The minimum Gasteiger partial charge on any atom is -0.340 e. The Morgan fingerprint density at radius 3 is 2.46 bits per heavy atom. The standard InChI is InChI=1S/C18H24N2O3S/c21-18(17-8-14-24(22,23)15-17)20-12-10-19(11-13-20)9-4-7-16-5-2-1-3-6-16/h1-7,17H,8-15H2/b7-4-/t17-/m0/s1. The lowest BCUT2D eigenvalue weighted by Gasteiger charge is -2.35. The first-order valence-corrected chi connectivity index (χ1v) is 10.3. The van der Waals surface area contributed by atoms with Crippen LogP contribution in [0.3, 0.4) is 0 Å². The van der Waals surface area contributed by atoms with Gasteiger partial charge in [0.25, 0.3) is 0 Å². The van der Waals surface area contributed by atoms with Crippen molar-refractivity contribution in [3.8, 4) is 0 Å². The molecule has 1 amide bonds. The molecule has 1 aromatic rings. The van der Waals surface area contributed by atoms with Gasteiger partial charge in [0, 0.05) is 32.7 Å². The Balaban J connectivity index is 1.44. The summed E-state index contributed by atoms with van der Waals surface area (Å²) in [5, 5.41) is 0. The molecule has 2 aliphatic rings. The maximum absolute atomic E-state index is 12.4. The maximum Gasteiger partial charge on any atom is 0.226 e. The number of sulfone groups is 1. The van der Waals surface area contributed by atoms with Crippen LogP contribution >= 0.6 is 0 Å². The van der Waals surface area contributed by atoms with Crippen molar-refractivity contribution >= 4 is 21.8 Å². The Bertz CT molecular complexity index is 692. The fourth-order valence-corrected chi connectivity index (χ4v) is 5.03. The Kier molecular flexibility index (Phi) is 5.36. The molecule has 0 saturated carbocycles. The minimum absolute atomic E-state index is 0.0237. The van der Waals surface area contributed by atoms with Crippen LogP contribution in [0.5, 0.6) is 0 Å². The quantitative estimate of drug-likeness (QED) is 0.822. The van der Waals surface area contributed by atoms with Crippen LogP contribution < -0.4 is 0 Å². The average molecular weight is 348 g/mol. The predicted molar refractivity (Wildman–Crippen MR) is 95.3 cm³/mol. The van der Waals surface area contributed by atoms with Gasteiger partial charge in [-0.25, -0.2) is 8.42 Å². The van der Waals surface area contributed by atoms with Crippen molar-refractivity contribution in [3.63, 3.8) is 0 Å². The molecule has 1 atom stereocenters. The first-order chi connectivity index (χ1) is 11.5. The number of carbonyl (C=O) groups excluding carboxylic acids is 1. The third kappa shape index (κ3) is 4.45. The van der Waals surface area contributed by atoms with Crippen LogP contribution in [-0.4, -0.2) is 68.4 Å². The molecule has 0 N–H and O–H groups in total. The normalized spacial score (nSPS) is 24.5. The Morgan fingerprint density at radius 2 is 1.83 bits per heavy atom. The Labute approximate surface area is 143 Å². The van der Waals surface area contributed by atoms with Gasteiger partial charge in [-0.15, -0.1) is 0 Å². The molecule has 2 saturated heterocycles. The van der Waals surface area contributed by atoms with E-state index in [-0.39, 0.29) is 23.3 Å². The van der Waals surface area contributed by atoms with Crippen LogP contribution in [-0.2, 0) is 14.6 Å². The summed E-state index contributed by atoms with van der Waals surface area (Å²) in [6, 6.07) is 10.2. The summed E-state index contributed by atoms with van der Waals surface area (Å²) in [5.74, 6) is -0.102. The summed E-state index contributed by atoms with van der Waals surface area (Å²) >= 11 is 0. The maximum atomic E-state index is 12.4. The summed E-state index contributed by atoms with van der Waals surface area (Å²) < 4.78 is 23.1. The van der Waals surface area contributed by atoms with Gasteiger partial charge in [-0.3, -0.25) is 9.69 Å². The molecule has 0 unspecified atom stereocenters. The fourth-order valence-electron chi connectivity index (χ4n) is 3.30. The van der Waals surface area contributed by atoms with Gasteiger partial charge in [-0.2, -0.15) is 0 Å². The first kappa shape index (κ1) is 17.2. The van der Waals surface area contributed by atoms with E-state index in [0.717, 1.165) is 19.6 Å². The van der Waals surface area contributed by atoms with Crippen LogP contribution in [0.25, 0.3) is 6.08 Å². The van der Waals surface area contributed by atoms with Gasteiger partial charge in [-0.1, -0.05) is 42.5 Å². The second kappa shape index (κ2) is 7.49. The third-order valence-electron chi connectivity index (χ3n) is 4.74. The molecular formula is C18H24N2O3S. The van der Waals surface area contributed by atoms with Crippen molar-refractivity contribution in [2.45, 2.75) is 6.42 Å². The lowest BCUT2D eigenvalue weighted by molar-refractivity contribution is -0.136. The van der Waals surface area contributed by atoms with Crippen molar-refractivity contribution in [1.82, 2.24) is 9.80 Å². The predicted octanol–water partition coefficient (Wildman–Crippen LogP) is 1.28. The Hall–Kier alpha value is -1.66. The molecule has 5 nitrogen and oxygen atoms in total. The number of amides is 1. The zero-order valence-corrected chi connectivity index (χ0v) is 14.6. The monoisotopic (exact) mass is 348 g/mol. The molecule has 0 radical (unpaired) electrons. The average Bonchev–Trinajstić information content (AvgIpc) is 2.96. The molecule has 0 bridgehead atoms. The molecule has 0 aromatic heterocycles. The topological polar surface area (TPSA) is 57.7 Å². The number of piperazine rings is 1. The van der Waals surface area contributed by atoms with Crippen LogP contribution in [0.15, 0.2) is 36.4 Å². The van der Waals surface area contributed by atoms with Gasteiger partial charge in [0.15, 0.2) is 9.84 Å². The van der Waals surface area contributed by atoms with Gasteiger partial charge < -0.3 is 4.90 Å². The number of benzene rings is 1. The summed E-state index contributed by atoms with van der Waals surface area (Å²) in [7, 11) is -3.00. The minimum atomic E-state index is -3.00. The molecule has 0 aliphatic carbocycles. The van der Waals surface area contributed by atoms with E-state index < -0.39 is 9.84 Å².